The molecule has 0 atom stereocenters. The van der Waals surface area contributed by atoms with Gasteiger partial charge in [-0.25, -0.2) is 14.8 Å². The molecule has 0 aromatic carbocycles. The van der Waals surface area contributed by atoms with E-state index in [4.69, 9.17) is 5.11 Å². The lowest BCUT2D eigenvalue weighted by Crippen LogP contribution is -2.48. The van der Waals surface area contributed by atoms with Crippen LogP contribution in [0.5, 0.6) is 0 Å². The molecule has 0 saturated carbocycles. The van der Waals surface area contributed by atoms with E-state index in [0.29, 0.717) is 32.1 Å². The number of allylic oxidation sites excluding steroid dienone is 2. The van der Waals surface area contributed by atoms with E-state index in [0.717, 1.165) is 18.4 Å². The molecule has 1 N–H and O–H groups in total. The van der Waals surface area contributed by atoms with E-state index in [-0.39, 0.29) is 0 Å². The standard InChI is InChI=1S/C15H20N4O2/c20-15(21)19-8-6-18(7-9-19)14-16-10-13(11-17-14)12-4-2-1-3-5-12/h4,10-11H,1-3,5-9H2,(H,20,21). The summed E-state index contributed by atoms with van der Waals surface area (Å²) in [5, 5.41) is 8.95. The summed E-state index contributed by atoms with van der Waals surface area (Å²) < 4.78 is 0. The van der Waals surface area contributed by atoms with Crippen molar-refractivity contribution in [1.82, 2.24) is 14.9 Å². The van der Waals surface area contributed by atoms with E-state index >= 15 is 0 Å². The van der Waals surface area contributed by atoms with Crippen LogP contribution in [0.3, 0.4) is 0 Å². The molecule has 0 bridgehead atoms. The van der Waals surface area contributed by atoms with Crippen LogP contribution in [0.4, 0.5) is 10.7 Å². The Morgan fingerprint density at radius 2 is 1.81 bits per heavy atom. The van der Waals surface area contributed by atoms with E-state index < -0.39 is 6.09 Å². The van der Waals surface area contributed by atoms with Gasteiger partial charge in [0.2, 0.25) is 5.95 Å². The number of rotatable bonds is 2. The molecule has 1 aliphatic carbocycles. The zero-order chi connectivity index (χ0) is 14.7. The first kappa shape index (κ1) is 13.9. The molecule has 1 saturated heterocycles. The smallest absolute Gasteiger partial charge is 0.407 e. The molecular weight excluding hydrogens is 268 g/mol. The predicted octanol–water partition coefficient (Wildman–Crippen LogP) is 2.23. The van der Waals surface area contributed by atoms with Crippen LogP contribution in [0.1, 0.15) is 31.2 Å². The monoisotopic (exact) mass is 288 g/mol. The van der Waals surface area contributed by atoms with Gasteiger partial charge in [0.15, 0.2) is 0 Å². The van der Waals surface area contributed by atoms with Crippen molar-refractivity contribution in [2.75, 3.05) is 31.1 Å². The largest absolute Gasteiger partial charge is 0.465 e. The van der Waals surface area contributed by atoms with Crippen molar-refractivity contribution in [3.8, 4) is 0 Å². The normalized spacial score (nSPS) is 19.3. The Morgan fingerprint density at radius 3 is 2.38 bits per heavy atom. The van der Waals surface area contributed by atoms with Crippen LogP contribution < -0.4 is 4.90 Å². The van der Waals surface area contributed by atoms with Gasteiger partial charge in [0, 0.05) is 44.1 Å². The molecule has 6 nitrogen and oxygen atoms in total. The predicted molar refractivity (Wildman–Crippen MR) is 80.3 cm³/mol. The Hall–Kier alpha value is -2.11. The number of hydrogen-bond acceptors (Lipinski definition) is 4. The molecule has 112 valence electrons. The average molecular weight is 288 g/mol. The number of hydrogen-bond donors (Lipinski definition) is 1. The minimum atomic E-state index is -0.852. The van der Waals surface area contributed by atoms with Crippen LogP contribution >= 0.6 is 0 Å². The SMILES string of the molecule is O=C(O)N1CCN(c2ncc(C3=CCCCC3)cn2)CC1. The zero-order valence-corrected chi connectivity index (χ0v) is 12.0. The minimum absolute atomic E-state index is 0.506. The summed E-state index contributed by atoms with van der Waals surface area (Å²) in [6, 6.07) is 0. The van der Waals surface area contributed by atoms with Gasteiger partial charge in [0.1, 0.15) is 0 Å². The fourth-order valence-corrected chi connectivity index (χ4v) is 2.85. The fourth-order valence-electron chi connectivity index (χ4n) is 2.85. The molecule has 1 aromatic heterocycles. The summed E-state index contributed by atoms with van der Waals surface area (Å²) in [4.78, 5) is 23.3. The second-order valence-corrected chi connectivity index (χ2v) is 5.50. The third-order valence-corrected chi connectivity index (χ3v) is 4.13. The highest BCUT2D eigenvalue weighted by molar-refractivity contribution is 5.66. The molecule has 0 spiro atoms. The minimum Gasteiger partial charge on any atom is -0.465 e. The first-order chi connectivity index (χ1) is 10.2. The van der Waals surface area contributed by atoms with E-state index in [1.54, 1.807) is 0 Å². The van der Waals surface area contributed by atoms with Gasteiger partial charge in [0.25, 0.3) is 0 Å². The lowest BCUT2D eigenvalue weighted by Gasteiger charge is -2.33. The van der Waals surface area contributed by atoms with Crippen molar-refractivity contribution in [3.05, 3.63) is 24.0 Å². The van der Waals surface area contributed by atoms with Crippen LogP contribution in [-0.4, -0.2) is 52.2 Å². The number of nitrogens with zero attached hydrogens (tertiary/aromatic N) is 4. The van der Waals surface area contributed by atoms with E-state index in [1.165, 1.54) is 23.3 Å². The number of carbonyl (C=O) groups is 1. The summed E-state index contributed by atoms with van der Waals surface area (Å²) in [5.74, 6) is 0.695. The maximum Gasteiger partial charge on any atom is 0.407 e. The van der Waals surface area contributed by atoms with E-state index in [9.17, 15) is 4.79 Å². The van der Waals surface area contributed by atoms with Crippen molar-refractivity contribution in [2.45, 2.75) is 25.7 Å². The average Bonchev–Trinajstić information content (AvgIpc) is 2.56. The Kier molecular flexibility index (Phi) is 4.03. The Balaban J connectivity index is 1.65. The highest BCUT2D eigenvalue weighted by Gasteiger charge is 2.21. The van der Waals surface area contributed by atoms with Crippen LogP contribution in [-0.2, 0) is 0 Å². The molecule has 1 aliphatic heterocycles. The summed E-state index contributed by atoms with van der Waals surface area (Å²) in [6.07, 6.45) is 9.99. The van der Waals surface area contributed by atoms with Crippen molar-refractivity contribution in [1.29, 1.82) is 0 Å². The highest BCUT2D eigenvalue weighted by atomic mass is 16.4. The highest BCUT2D eigenvalue weighted by Crippen LogP contribution is 2.26. The van der Waals surface area contributed by atoms with Gasteiger partial charge in [-0.2, -0.15) is 0 Å². The first-order valence-corrected chi connectivity index (χ1v) is 7.48. The van der Waals surface area contributed by atoms with Gasteiger partial charge in [-0.05, 0) is 31.3 Å². The van der Waals surface area contributed by atoms with Crippen LogP contribution in [0, 0.1) is 0 Å². The summed E-state index contributed by atoms with van der Waals surface area (Å²) in [7, 11) is 0. The van der Waals surface area contributed by atoms with Crippen molar-refractivity contribution in [2.24, 2.45) is 0 Å². The zero-order valence-electron chi connectivity index (χ0n) is 12.0. The molecule has 6 heteroatoms. The number of carboxylic acid groups (broad SMARTS) is 1. The van der Waals surface area contributed by atoms with Gasteiger partial charge in [0.05, 0.1) is 0 Å². The molecule has 2 aliphatic rings. The summed E-state index contributed by atoms with van der Waals surface area (Å²) in [6.45, 7) is 2.31. The quantitative estimate of drug-likeness (QED) is 0.903. The molecule has 21 heavy (non-hydrogen) atoms. The molecule has 1 amide bonds. The van der Waals surface area contributed by atoms with E-state index in [1.807, 2.05) is 17.3 Å². The number of anilines is 1. The third-order valence-electron chi connectivity index (χ3n) is 4.13. The maximum absolute atomic E-state index is 10.9. The third kappa shape index (κ3) is 3.15. The molecule has 2 heterocycles. The molecule has 0 unspecified atom stereocenters. The van der Waals surface area contributed by atoms with Gasteiger partial charge in [-0.15, -0.1) is 0 Å². The lowest BCUT2D eigenvalue weighted by molar-refractivity contribution is 0.142. The topological polar surface area (TPSA) is 69.6 Å². The van der Waals surface area contributed by atoms with Crippen molar-refractivity contribution < 1.29 is 9.90 Å². The summed E-state index contributed by atoms with van der Waals surface area (Å²) >= 11 is 0. The van der Waals surface area contributed by atoms with Crippen molar-refractivity contribution in [3.63, 3.8) is 0 Å². The van der Waals surface area contributed by atoms with Gasteiger partial charge >= 0.3 is 6.09 Å². The van der Waals surface area contributed by atoms with Crippen molar-refractivity contribution >= 4 is 17.6 Å². The second kappa shape index (κ2) is 6.11. The Morgan fingerprint density at radius 1 is 1.10 bits per heavy atom. The van der Waals surface area contributed by atoms with Crippen LogP contribution in [0.2, 0.25) is 0 Å². The Labute approximate surface area is 124 Å². The molecule has 0 radical (unpaired) electrons. The van der Waals surface area contributed by atoms with E-state index in [2.05, 4.69) is 16.0 Å². The van der Waals surface area contributed by atoms with Gasteiger partial charge < -0.3 is 14.9 Å². The van der Waals surface area contributed by atoms with Gasteiger partial charge in [-0.3, -0.25) is 0 Å². The molecule has 3 rings (SSSR count). The molecule has 1 aromatic rings. The number of aromatic nitrogens is 2. The number of piperazine rings is 1. The Bertz CT molecular complexity index is 533. The van der Waals surface area contributed by atoms with Crippen LogP contribution in [0.15, 0.2) is 18.5 Å². The molecule has 1 fully saturated rings. The fraction of sp³-hybridized carbons (Fsp3) is 0.533. The first-order valence-electron chi connectivity index (χ1n) is 7.48. The maximum atomic E-state index is 10.9. The number of amides is 1. The van der Waals surface area contributed by atoms with Gasteiger partial charge in [-0.1, -0.05) is 6.08 Å². The lowest BCUT2D eigenvalue weighted by atomic mass is 9.95. The van der Waals surface area contributed by atoms with Crippen LogP contribution in [0.25, 0.3) is 5.57 Å². The molecular formula is C15H20N4O2. The summed E-state index contributed by atoms with van der Waals surface area (Å²) in [5.41, 5.74) is 2.46. The second-order valence-electron chi connectivity index (χ2n) is 5.50.